The first kappa shape index (κ1) is 13.3. The first-order valence-electron chi connectivity index (χ1n) is 6.91. The minimum Gasteiger partial charge on any atom is -0.341 e. The molecular formula is C13H23N3O2. The van der Waals surface area contributed by atoms with Gasteiger partial charge in [-0.05, 0) is 39.7 Å². The van der Waals surface area contributed by atoms with E-state index in [1.165, 1.54) is 6.42 Å². The molecule has 2 aliphatic rings. The molecule has 2 heterocycles. The quantitative estimate of drug-likeness (QED) is 0.782. The third-order valence-corrected chi connectivity index (χ3v) is 4.08. The highest BCUT2D eigenvalue weighted by atomic mass is 16.2. The van der Waals surface area contributed by atoms with Crippen molar-refractivity contribution in [2.24, 2.45) is 0 Å². The molecule has 0 aliphatic carbocycles. The topological polar surface area (TPSA) is 52.7 Å². The molecule has 2 rings (SSSR count). The Morgan fingerprint density at radius 1 is 1.28 bits per heavy atom. The van der Waals surface area contributed by atoms with Gasteiger partial charge < -0.3 is 15.1 Å². The van der Waals surface area contributed by atoms with Gasteiger partial charge >= 0.3 is 0 Å². The van der Waals surface area contributed by atoms with Gasteiger partial charge in [0.1, 0.15) is 6.04 Å². The van der Waals surface area contributed by atoms with Crippen LogP contribution in [0, 0.1) is 0 Å². The molecule has 1 N–H and O–H groups in total. The zero-order valence-electron chi connectivity index (χ0n) is 11.3. The summed E-state index contributed by atoms with van der Waals surface area (Å²) in [6.07, 6.45) is 4.19. The van der Waals surface area contributed by atoms with Crippen molar-refractivity contribution >= 4 is 11.8 Å². The summed E-state index contributed by atoms with van der Waals surface area (Å²) in [4.78, 5) is 28.0. The van der Waals surface area contributed by atoms with Crippen molar-refractivity contribution in [3.63, 3.8) is 0 Å². The Hall–Kier alpha value is -1.10. The van der Waals surface area contributed by atoms with E-state index < -0.39 is 0 Å². The number of carbonyl (C=O) groups is 2. The Kier molecular flexibility index (Phi) is 4.22. The summed E-state index contributed by atoms with van der Waals surface area (Å²) in [6, 6.07) is -0.421. The predicted octanol–water partition coefficient (Wildman–Crippen LogP) is 0.208. The summed E-state index contributed by atoms with van der Waals surface area (Å²) in [5.74, 6) is 0.176. The van der Waals surface area contributed by atoms with Gasteiger partial charge in [0, 0.05) is 19.6 Å². The summed E-state index contributed by atoms with van der Waals surface area (Å²) >= 11 is 0. The Morgan fingerprint density at radius 2 is 1.94 bits per heavy atom. The second-order valence-corrected chi connectivity index (χ2v) is 5.22. The van der Waals surface area contributed by atoms with Gasteiger partial charge in [-0.15, -0.1) is 0 Å². The minimum atomic E-state index is -0.311. The lowest BCUT2D eigenvalue weighted by Gasteiger charge is -2.32. The molecule has 2 aliphatic heterocycles. The maximum Gasteiger partial charge on any atom is 0.245 e. The molecule has 0 saturated carbocycles. The van der Waals surface area contributed by atoms with Gasteiger partial charge in [-0.3, -0.25) is 9.59 Å². The molecule has 0 radical (unpaired) electrons. The van der Waals surface area contributed by atoms with Gasteiger partial charge in [0.2, 0.25) is 11.8 Å². The second-order valence-electron chi connectivity index (χ2n) is 5.22. The van der Waals surface area contributed by atoms with Gasteiger partial charge in [0.15, 0.2) is 0 Å². The van der Waals surface area contributed by atoms with Crippen molar-refractivity contribution in [3.05, 3.63) is 0 Å². The van der Waals surface area contributed by atoms with Gasteiger partial charge in [0.05, 0.1) is 6.04 Å². The average molecular weight is 253 g/mol. The molecule has 0 aromatic carbocycles. The van der Waals surface area contributed by atoms with E-state index in [9.17, 15) is 9.59 Å². The number of nitrogens with one attached hydrogen (secondary N) is 1. The molecule has 0 unspecified atom stereocenters. The number of hydrogen-bond acceptors (Lipinski definition) is 3. The van der Waals surface area contributed by atoms with Crippen LogP contribution < -0.4 is 5.32 Å². The normalized spacial score (nSPS) is 26.6. The highest BCUT2D eigenvalue weighted by molar-refractivity contribution is 5.91. The molecule has 102 valence electrons. The lowest BCUT2D eigenvalue weighted by atomic mass is 10.1. The van der Waals surface area contributed by atoms with E-state index in [2.05, 4.69) is 5.32 Å². The minimum absolute atomic E-state index is 0.0651. The monoisotopic (exact) mass is 253 g/mol. The van der Waals surface area contributed by atoms with Crippen LogP contribution in [0.4, 0.5) is 0 Å². The van der Waals surface area contributed by atoms with Crippen molar-refractivity contribution in [2.45, 2.75) is 44.7 Å². The molecule has 0 bridgehead atoms. The fourth-order valence-corrected chi connectivity index (χ4v) is 2.87. The van der Waals surface area contributed by atoms with Crippen molar-refractivity contribution in [2.75, 3.05) is 26.7 Å². The lowest BCUT2D eigenvalue weighted by Crippen LogP contribution is -2.50. The van der Waals surface area contributed by atoms with Crippen molar-refractivity contribution in [1.82, 2.24) is 15.1 Å². The van der Waals surface area contributed by atoms with Gasteiger partial charge in [-0.1, -0.05) is 0 Å². The third-order valence-electron chi connectivity index (χ3n) is 4.08. The number of likely N-dealkylation sites (tertiary alicyclic amines) is 2. The number of likely N-dealkylation sites (N-methyl/N-ethyl adjacent to an activating group) is 1. The van der Waals surface area contributed by atoms with Crippen LogP contribution >= 0.6 is 0 Å². The van der Waals surface area contributed by atoms with E-state index in [0.29, 0.717) is 6.54 Å². The molecule has 2 fully saturated rings. The largest absolute Gasteiger partial charge is 0.341 e. The number of carbonyl (C=O) groups excluding carboxylic acids is 2. The molecule has 2 atom stereocenters. The summed E-state index contributed by atoms with van der Waals surface area (Å²) in [7, 11) is 1.79. The Morgan fingerprint density at radius 3 is 2.50 bits per heavy atom. The SMILES string of the molecule is CN[C@H]1CCN([C@@H](C)C(=O)N2CCCCC2)C1=O. The average Bonchev–Trinajstić information content (AvgIpc) is 2.79. The molecule has 5 nitrogen and oxygen atoms in total. The maximum absolute atomic E-state index is 12.3. The number of nitrogens with zero attached hydrogens (tertiary/aromatic N) is 2. The Balaban J connectivity index is 1.96. The van der Waals surface area contributed by atoms with Crippen LogP contribution in [0.15, 0.2) is 0 Å². The first-order chi connectivity index (χ1) is 8.65. The highest BCUT2D eigenvalue weighted by Gasteiger charge is 2.37. The standard InChI is InChI=1S/C13H23N3O2/c1-10(12(17)15-7-4-3-5-8-15)16-9-6-11(14-2)13(16)18/h10-11,14H,3-9H2,1-2H3/t10-,11-/m0/s1. The van der Waals surface area contributed by atoms with Crippen molar-refractivity contribution in [3.8, 4) is 0 Å². The van der Waals surface area contributed by atoms with Crippen LogP contribution in [0.25, 0.3) is 0 Å². The van der Waals surface area contributed by atoms with E-state index in [-0.39, 0.29) is 23.9 Å². The van der Waals surface area contributed by atoms with E-state index in [4.69, 9.17) is 0 Å². The van der Waals surface area contributed by atoms with Crippen LogP contribution in [0.5, 0.6) is 0 Å². The van der Waals surface area contributed by atoms with E-state index in [1.54, 1.807) is 11.9 Å². The molecule has 0 spiro atoms. The van der Waals surface area contributed by atoms with Crippen molar-refractivity contribution < 1.29 is 9.59 Å². The van der Waals surface area contributed by atoms with Crippen LogP contribution in [-0.2, 0) is 9.59 Å². The van der Waals surface area contributed by atoms with E-state index in [0.717, 1.165) is 32.4 Å². The van der Waals surface area contributed by atoms with Gasteiger partial charge in [-0.25, -0.2) is 0 Å². The molecule has 5 heteroatoms. The summed E-state index contributed by atoms with van der Waals surface area (Å²) in [6.45, 7) is 4.24. The molecular weight excluding hydrogens is 230 g/mol. The Bertz CT molecular complexity index is 326. The summed E-state index contributed by atoms with van der Waals surface area (Å²) in [5, 5.41) is 3.00. The number of rotatable bonds is 3. The molecule has 2 saturated heterocycles. The smallest absolute Gasteiger partial charge is 0.245 e. The lowest BCUT2D eigenvalue weighted by molar-refractivity contribution is -0.144. The van der Waals surface area contributed by atoms with Crippen LogP contribution in [0.2, 0.25) is 0 Å². The fourth-order valence-electron chi connectivity index (χ4n) is 2.87. The third kappa shape index (κ3) is 2.51. The van der Waals surface area contributed by atoms with E-state index >= 15 is 0 Å². The molecule has 18 heavy (non-hydrogen) atoms. The van der Waals surface area contributed by atoms with Crippen molar-refractivity contribution in [1.29, 1.82) is 0 Å². The van der Waals surface area contributed by atoms with Crippen LogP contribution in [0.1, 0.15) is 32.6 Å². The second kappa shape index (κ2) is 5.69. The summed E-state index contributed by atoms with van der Waals surface area (Å²) < 4.78 is 0. The first-order valence-corrected chi connectivity index (χ1v) is 6.91. The molecule has 0 aromatic rings. The summed E-state index contributed by atoms with van der Waals surface area (Å²) in [5.41, 5.74) is 0. The van der Waals surface area contributed by atoms with Gasteiger partial charge in [0.25, 0.3) is 0 Å². The zero-order chi connectivity index (χ0) is 13.1. The zero-order valence-corrected chi connectivity index (χ0v) is 11.3. The van der Waals surface area contributed by atoms with E-state index in [1.807, 2.05) is 11.8 Å². The van der Waals surface area contributed by atoms with Crippen LogP contribution in [-0.4, -0.2) is 60.4 Å². The highest BCUT2D eigenvalue weighted by Crippen LogP contribution is 2.17. The van der Waals surface area contributed by atoms with Gasteiger partial charge in [-0.2, -0.15) is 0 Å². The Labute approximate surface area is 108 Å². The number of amides is 2. The predicted molar refractivity (Wildman–Crippen MR) is 69.1 cm³/mol. The fraction of sp³-hybridized carbons (Fsp3) is 0.846. The maximum atomic E-state index is 12.3. The molecule has 2 amide bonds. The molecule has 0 aromatic heterocycles. The number of hydrogen-bond donors (Lipinski definition) is 1. The number of piperidine rings is 1. The van der Waals surface area contributed by atoms with Crippen LogP contribution in [0.3, 0.4) is 0 Å².